The fourth-order valence-electron chi connectivity index (χ4n) is 2.02. The van der Waals surface area contributed by atoms with Crippen molar-refractivity contribution >= 4 is 22.5 Å². The van der Waals surface area contributed by atoms with Crippen molar-refractivity contribution in [1.82, 2.24) is 4.90 Å². The van der Waals surface area contributed by atoms with Gasteiger partial charge in [0.05, 0.1) is 11.8 Å². The van der Waals surface area contributed by atoms with Crippen molar-refractivity contribution in [3.63, 3.8) is 0 Å². The Morgan fingerprint density at radius 2 is 1.95 bits per heavy atom. The van der Waals surface area contributed by atoms with Gasteiger partial charge in [0, 0.05) is 19.0 Å². The van der Waals surface area contributed by atoms with Gasteiger partial charge in [0.1, 0.15) is 0 Å². The predicted octanol–water partition coefficient (Wildman–Crippen LogP) is 2.68. The van der Waals surface area contributed by atoms with Gasteiger partial charge in [0.25, 0.3) is 0 Å². The summed E-state index contributed by atoms with van der Waals surface area (Å²) in [5.74, 6) is 0. The fraction of sp³-hybridized carbons (Fsp3) is 0.267. The zero-order valence-electron chi connectivity index (χ0n) is 11.1. The van der Waals surface area contributed by atoms with Gasteiger partial charge in [-0.1, -0.05) is 36.4 Å². The Morgan fingerprint density at radius 3 is 2.68 bits per heavy atom. The Kier molecular flexibility index (Phi) is 4.02. The largest absolute Gasteiger partial charge is 0.392 e. The zero-order chi connectivity index (χ0) is 13.8. The van der Waals surface area contributed by atoms with E-state index < -0.39 is 6.10 Å². The molecular weight excluding hydrogens is 240 g/mol. The molecule has 100 valence electrons. The number of hydrogen-bond donors (Lipinski definition) is 2. The molecule has 2 amide bonds. The third-order valence-corrected chi connectivity index (χ3v) is 2.92. The van der Waals surface area contributed by atoms with Crippen LogP contribution in [-0.2, 0) is 0 Å². The van der Waals surface area contributed by atoms with Gasteiger partial charge in [-0.05, 0) is 18.4 Å². The molecule has 0 bridgehead atoms. The Bertz CT molecular complexity index is 576. The van der Waals surface area contributed by atoms with Crippen LogP contribution >= 0.6 is 0 Å². The highest BCUT2D eigenvalue weighted by molar-refractivity contribution is 6.01. The maximum absolute atomic E-state index is 12.0. The van der Waals surface area contributed by atoms with Crippen molar-refractivity contribution in [3.05, 3.63) is 42.5 Å². The molecule has 0 saturated heterocycles. The summed E-state index contributed by atoms with van der Waals surface area (Å²) in [5, 5.41) is 14.2. The van der Waals surface area contributed by atoms with Gasteiger partial charge in [0.2, 0.25) is 0 Å². The van der Waals surface area contributed by atoms with E-state index in [0.29, 0.717) is 6.54 Å². The lowest BCUT2D eigenvalue weighted by molar-refractivity contribution is 0.149. The number of carbonyl (C=O) groups excluding carboxylic acids is 1. The third-order valence-electron chi connectivity index (χ3n) is 2.92. The topological polar surface area (TPSA) is 52.6 Å². The molecule has 2 N–H and O–H groups in total. The van der Waals surface area contributed by atoms with Crippen LogP contribution in [0.5, 0.6) is 0 Å². The molecule has 0 saturated carbocycles. The molecule has 0 radical (unpaired) electrons. The van der Waals surface area contributed by atoms with E-state index in [2.05, 4.69) is 5.32 Å². The second-order valence-electron chi connectivity index (χ2n) is 4.69. The van der Waals surface area contributed by atoms with Crippen molar-refractivity contribution < 1.29 is 9.90 Å². The minimum Gasteiger partial charge on any atom is -0.392 e. The normalized spacial score (nSPS) is 12.2. The number of aliphatic hydroxyl groups excluding tert-OH is 1. The molecule has 2 rings (SSSR count). The van der Waals surface area contributed by atoms with E-state index in [4.69, 9.17) is 0 Å². The van der Waals surface area contributed by atoms with Crippen molar-refractivity contribution in [2.24, 2.45) is 0 Å². The molecule has 0 heterocycles. The molecule has 0 unspecified atom stereocenters. The quantitative estimate of drug-likeness (QED) is 0.889. The summed E-state index contributed by atoms with van der Waals surface area (Å²) in [5.41, 5.74) is 0.778. The van der Waals surface area contributed by atoms with E-state index in [1.54, 1.807) is 14.0 Å². The maximum Gasteiger partial charge on any atom is 0.321 e. The zero-order valence-corrected chi connectivity index (χ0v) is 11.1. The standard InChI is InChI=1S/C15H18N2O2/c1-11(18)10-17(2)15(19)16-14-9-5-7-12-6-3-4-8-13(12)14/h3-9,11,18H,10H2,1-2H3,(H,16,19)/t11-/m0/s1. The summed E-state index contributed by atoms with van der Waals surface area (Å²) in [7, 11) is 1.66. The minimum atomic E-state index is -0.539. The number of amides is 2. The van der Waals surface area contributed by atoms with Crippen LogP contribution in [0.25, 0.3) is 10.8 Å². The van der Waals surface area contributed by atoms with Crippen LogP contribution in [0, 0.1) is 0 Å². The van der Waals surface area contributed by atoms with Crippen LogP contribution < -0.4 is 5.32 Å². The van der Waals surface area contributed by atoms with Gasteiger partial charge in [-0.25, -0.2) is 4.79 Å². The van der Waals surface area contributed by atoms with Crippen LogP contribution in [0.15, 0.2) is 42.5 Å². The molecule has 0 aromatic heterocycles. The number of rotatable bonds is 3. The summed E-state index contributed by atoms with van der Waals surface area (Å²) in [6, 6.07) is 13.4. The number of fused-ring (bicyclic) bond motifs is 1. The van der Waals surface area contributed by atoms with E-state index in [-0.39, 0.29) is 6.03 Å². The molecule has 2 aromatic rings. The fourth-order valence-corrected chi connectivity index (χ4v) is 2.02. The Morgan fingerprint density at radius 1 is 1.26 bits per heavy atom. The molecule has 0 aliphatic heterocycles. The van der Waals surface area contributed by atoms with Gasteiger partial charge in [0.15, 0.2) is 0 Å². The summed E-state index contributed by atoms with van der Waals surface area (Å²) < 4.78 is 0. The van der Waals surface area contributed by atoms with E-state index >= 15 is 0 Å². The maximum atomic E-state index is 12.0. The first-order valence-electron chi connectivity index (χ1n) is 6.26. The van der Waals surface area contributed by atoms with Gasteiger partial charge < -0.3 is 15.3 Å². The number of benzene rings is 2. The lowest BCUT2D eigenvalue weighted by atomic mass is 10.1. The van der Waals surface area contributed by atoms with Crippen LogP contribution in [0.4, 0.5) is 10.5 Å². The number of carbonyl (C=O) groups is 1. The van der Waals surface area contributed by atoms with Crippen LogP contribution in [0.3, 0.4) is 0 Å². The highest BCUT2D eigenvalue weighted by Crippen LogP contribution is 2.23. The van der Waals surface area contributed by atoms with E-state index in [1.807, 2.05) is 42.5 Å². The van der Waals surface area contributed by atoms with Gasteiger partial charge in [-0.2, -0.15) is 0 Å². The average Bonchev–Trinajstić information content (AvgIpc) is 2.38. The number of nitrogens with zero attached hydrogens (tertiary/aromatic N) is 1. The lowest BCUT2D eigenvalue weighted by Gasteiger charge is -2.20. The Labute approximate surface area is 112 Å². The molecule has 0 aliphatic carbocycles. The van der Waals surface area contributed by atoms with Gasteiger partial charge in [-0.3, -0.25) is 0 Å². The summed E-state index contributed by atoms with van der Waals surface area (Å²) in [4.78, 5) is 13.5. The second kappa shape index (κ2) is 5.71. The predicted molar refractivity (Wildman–Crippen MR) is 77.3 cm³/mol. The van der Waals surface area contributed by atoms with Crippen molar-refractivity contribution in [2.45, 2.75) is 13.0 Å². The molecular formula is C15H18N2O2. The van der Waals surface area contributed by atoms with Gasteiger partial charge in [-0.15, -0.1) is 0 Å². The molecule has 0 aliphatic rings. The number of likely N-dealkylation sites (N-methyl/N-ethyl adjacent to an activating group) is 1. The van der Waals surface area contributed by atoms with Crippen molar-refractivity contribution in [2.75, 3.05) is 18.9 Å². The van der Waals surface area contributed by atoms with E-state index in [0.717, 1.165) is 16.5 Å². The molecule has 0 spiro atoms. The van der Waals surface area contributed by atoms with E-state index in [1.165, 1.54) is 4.90 Å². The Hall–Kier alpha value is -2.07. The van der Waals surface area contributed by atoms with Crippen molar-refractivity contribution in [3.8, 4) is 0 Å². The molecule has 2 aromatic carbocycles. The van der Waals surface area contributed by atoms with Crippen LogP contribution in [-0.4, -0.2) is 35.7 Å². The highest BCUT2D eigenvalue weighted by atomic mass is 16.3. The van der Waals surface area contributed by atoms with Crippen LogP contribution in [0.1, 0.15) is 6.92 Å². The Balaban J connectivity index is 2.19. The highest BCUT2D eigenvalue weighted by Gasteiger charge is 2.11. The minimum absolute atomic E-state index is 0.225. The molecule has 4 heteroatoms. The lowest BCUT2D eigenvalue weighted by Crippen LogP contribution is -2.36. The van der Waals surface area contributed by atoms with Crippen LogP contribution in [0.2, 0.25) is 0 Å². The number of urea groups is 1. The first-order valence-corrected chi connectivity index (χ1v) is 6.26. The molecule has 0 fully saturated rings. The smallest absolute Gasteiger partial charge is 0.321 e. The SMILES string of the molecule is C[C@H](O)CN(C)C(=O)Nc1cccc2ccccc12. The van der Waals surface area contributed by atoms with Gasteiger partial charge >= 0.3 is 6.03 Å². The van der Waals surface area contributed by atoms with Crippen molar-refractivity contribution in [1.29, 1.82) is 0 Å². The second-order valence-corrected chi connectivity index (χ2v) is 4.69. The molecule has 4 nitrogen and oxygen atoms in total. The number of aliphatic hydroxyl groups is 1. The molecule has 19 heavy (non-hydrogen) atoms. The third kappa shape index (κ3) is 3.23. The molecule has 1 atom stereocenters. The first kappa shape index (κ1) is 13.4. The average molecular weight is 258 g/mol. The number of hydrogen-bond acceptors (Lipinski definition) is 2. The summed E-state index contributed by atoms with van der Waals surface area (Å²) >= 11 is 0. The first-order chi connectivity index (χ1) is 9.08. The van der Waals surface area contributed by atoms with E-state index in [9.17, 15) is 9.90 Å². The summed E-state index contributed by atoms with van der Waals surface area (Å²) in [6.07, 6.45) is -0.539. The monoisotopic (exact) mass is 258 g/mol. The number of anilines is 1. The number of nitrogens with one attached hydrogen (secondary N) is 1. The summed E-state index contributed by atoms with van der Waals surface area (Å²) in [6.45, 7) is 1.96.